The van der Waals surface area contributed by atoms with Gasteiger partial charge in [-0.05, 0) is 48.6 Å². The molecule has 1 heterocycles. The maximum Gasteiger partial charge on any atom is 0.121 e. The van der Waals surface area contributed by atoms with E-state index >= 15 is 0 Å². The fourth-order valence-electron chi connectivity index (χ4n) is 3.06. The Labute approximate surface area is 107 Å². The first-order chi connectivity index (χ1) is 8.66. The van der Waals surface area contributed by atoms with E-state index in [2.05, 4.69) is 19.3 Å². The van der Waals surface area contributed by atoms with Gasteiger partial charge in [-0.2, -0.15) is 0 Å². The average molecular weight is 242 g/mol. The van der Waals surface area contributed by atoms with E-state index in [0.29, 0.717) is 11.7 Å². The van der Waals surface area contributed by atoms with Gasteiger partial charge >= 0.3 is 0 Å². The van der Waals surface area contributed by atoms with Crippen molar-refractivity contribution in [2.75, 3.05) is 5.43 Å². The first kappa shape index (κ1) is 11.2. The fraction of sp³-hybridized carbons (Fsp3) is 0.333. The highest BCUT2D eigenvalue weighted by atomic mass is 16.3. The maximum atomic E-state index is 10.1. The molecule has 0 fully saturated rings. The molecule has 3 heteroatoms. The van der Waals surface area contributed by atoms with Gasteiger partial charge in [0.1, 0.15) is 5.75 Å². The van der Waals surface area contributed by atoms with E-state index in [1.54, 1.807) is 6.07 Å². The van der Waals surface area contributed by atoms with Crippen molar-refractivity contribution in [3.63, 3.8) is 0 Å². The minimum absolute atomic E-state index is 0.183. The Morgan fingerprint density at radius 2 is 1.94 bits per heavy atom. The number of hydrogen-bond donors (Lipinski definition) is 2. The number of fused-ring (bicyclic) bond motifs is 1. The van der Waals surface area contributed by atoms with Crippen molar-refractivity contribution in [1.29, 1.82) is 0 Å². The SMILES string of the molecule is Cc1ccc(O)c2c1C(C)CC2Nn1cccc1. The van der Waals surface area contributed by atoms with Crippen molar-refractivity contribution >= 4 is 0 Å². The molecule has 0 saturated heterocycles. The summed E-state index contributed by atoms with van der Waals surface area (Å²) in [4.78, 5) is 0. The predicted molar refractivity (Wildman–Crippen MR) is 72.4 cm³/mol. The third kappa shape index (κ3) is 1.67. The lowest BCUT2D eigenvalue weighted by Crippen LogP contribution is -2.17. The molecular weight excluding hydrogens is 224 g/mol. The van der Waals surface area contributed by atoms with Crippen LogP contribution < -0.4 is 5.43 Å². The molecule has 18 heavy (non-hydrogen) atoms. The molecule has 1 aromatic carbocycles. The molecule has 0 aliphatic heterocycles. The van der Waals surface area contributed by atoms with Crippen LogP contribution in [0.25, 0.3) is 0 Å². The minimum atomic E-state index is 0.183. The number of phenols is 1. The number of hydrogen-bond acceptors (Lipinski definition) is 2. The highest BCUT2D eigenvalue weighted by Crippen LogP contribution is 2.46. The zero-order valence-corrected chi connectivity index (χ0v) is 10.7. The molecule has 2 N–H and O–H groups in total. The number of nitrogens with one attached hydrogen (secondary N) is 1. The van der Waals surface area contributed by atoms with Gasteiger partial charge in [-0.25, -0.2) is 0 Å². The van der Waals surface area contributed by atoms with E-state index in [4.69, 9.17) is 0 Å². The van der Waals surface area contributed by atoms with E-state index < -0.39 is 0 Å². The van der Waals surface area contributed by atoms with Gasteiger partial charge in [0.25, 0.3) is 0 Å². The van der Waals surface area contributed by atoms with Gasteiger partial charge in [0.15, 0.2) is 0 Å². The van der Waals surface area contributed by atoms with Gasteiger partial charge in [-0.15, -0.1) is 0 Å². The van der Waals surface area contributed by atoms with E-state index in [9.17, 15) is 5.11 Å². The molecule has 1 aromatic heterocycles. The number of benzene rings is 1. The lowest BCUT2D eigenvalue weighted by molar-refractivity contribution is 0.462. The van der Waals surface area contributed by atoms with Gasteiger partial charge in [0.05, 0.1) is 6.04 Å². The third-order valence-corrected chi connectivity index (χ3v) is 3.82. The van der Waals surface area contributed by atoms with Crippen molar-refractivity contribution in [3.05, 3.63) is 53.3 Å². The summed E-state index contributed by atoms with van der Waals surface area (Å²) < 4.78 is 1.95. The average Bonchev–Trinajstić information content (AvgIpc) is 2.93. The van der Waals surface area contributed by atoms with E-state index in [-0.39, 0.29) is 6.04 Å². The second kappa shape index (κ2) is 4.09. The summed E-state index contributed by atoms with van der Waals surface area (Å²) >= 11 is 0. The van der Waals surface area contributed by atoms with Crippen LogP contribution in [0.3, 0.4) is 0 Å². The fourth-order valence-corrected chi connectivity index (χ4v) is 3.06. The number of aryl methyl sites for hydroxylation is 1. The summed E-state index contributed by atoms with van der Waals surface area (Å²) in [5.74, 6) is 0.893. The molecule has 2 atom stereocenters. The van der Waals surface area contributed by atoms with Crippen LogP contribution in [0, 0.1) is 6.92 Å². The summed E-state index contributed by atoms with van der Waals surface area (Å²) in [7, 11) is 0. The van der Waals surface area contributed by atoms with Crippen LogP contribution in [0.5, 0.6) is 5.75 Å². The van der Waals surface area contributed by atoms with Crippen LogP contribution in [-0.2, 0) is 0 Å². The molecule has 0 amide bonds. The number of aromatic hydroxyl groups is 1. The van der Waals surface area contributed by atoms with Crippen LogP contribution in [0.2, 0.25) is 0 Å². The number of phenolic OH excluding ortho intramolecular Hbond substituents is 1. The molecule has 3 rings (SSSR count). The highest BCUT2D eigenvalue weighted by Gasteiger charge is 2.32. The minimum Gasteiger partial charge on any atom is -0.508 e. The van der Waals surface area contributed by atoms with Crippen molar-refractivity contribution in [2.45, 2.75) is 32.2 Å². The second-order valence-corrected chi connectivity index (χ2v) is 5.14. The molecule has 0 bridgehead atoms. The summed E-state index contributed by atoms with van der Waals surface area (Å²) in [6, 6.07) is 7.96. The van der Waals surface area contributed by atoms with Crippen LogP contribution in [0.1, 0.15) is 42.0 Å². The molecule has 0 spiro atoms. The maximum absolute atomic E-state index is 10.1. The van der Waals surface area contributed by atoms with Crippen LogP contribution in [0.4, 0.5) is 0 Å². The molecule has 0 radical (unpaired) electrons. The molecular formula is C15H18N2O. The molecule has 1 aliphatic carbocycles. The first-order valence-corrected chi connectivity index (χ1v) is 6.38. The van der Waals surface area contributed by atoms with Crippen LogP contribution in [-0.4, -0.2) is 9.78 Å². The van der Waals surface area contributed by atoms with E-state index in [0.717, 1.165) is 12.0 Å². The van der Waals surface area contributed by atoms with Gasteiger partial charge in [0.2, 0.25) is 0 Å². The monoisotopic (exact) mass is 242 g/mol. The topological polar surface area (TPSA) is 37.2 Å². The first-order valence-electron chi connectivity index (χ1n) is 6.38. The number of aromatic nitrogens is 1. The molecule has 1 aliphatic rings. The van der Waals surface area contributed by atoms with Crippen LogP contribution in [0.15, 0.2) is 36.7 Å². The summed E-state index contributed by atoms with van der Waals surface area (Å²) in [5.41, 5.74) is 7.07. The summed E-state index contributed by atoms with van der Waals surface area (Å²) in [5, 5.41) is 10.1. The molecule has 2 aromatic rings. The van der Waals surface area contributed by atoms with Gasteiger partial charge in [0, 0.05) is 18.0 Å². The number of rotatable bonds is 2. The van der Waals surface area contributed by atoms with Crippen molar-refractivity contribution in [1.82, 2.24) is 4.68 Å². The van der Waals surface area contributed by atoms with Crippen molar-refractivity contribution < 1.29 is 5.11 Å². The Morgan fingerprint density at radius 1 is 1.22 bits per heavy atom. The summed E-state index contributed by atoms with van der Waals surface area (Å²) in [6.45, 7) is 4.34. The Balaban J connectivity index is 2.00. The van der Waals surface area contributed by atoms with E-state index in [1.165, 1.54) is 11.1 Å². The van der Waals surface area contributed by atoms with Crippen molar-refractivity contribution in [2.24, 2.45) is 0 Å². The van der Waals surface area contributed by atoms with E-state index in [1.807, 2.05) is 35.3 Å². The Kier molecular flexibility index (Phi) is 2.54. The van der Waals surface area contributed by atoms with Gasteiger partial charge in [-0.1, -0.05) is 13.0 Å². The Hall–Kier alpha value is -1.90. The zero-order valence-electron chi connectivity index (χ0n) is 10.7. The van der Waals surface area contributed by atoms with Crippen LogP contribution >= 0.6 is 0 Å². The molecule has 94 valence electrons. The molecule has 0 saturated carbocycles. The normalized spacial score (nSPS) is 21.9. The summed E-state index contributed by atoms with van der Waals surface area (Å²) in [6.07, 6.45) is 4.98. The third-order valence-electron chi connectivity index (χ3n) is 3.82. The van der Waals surface area contributed by atoms with Gasteiger partial charge < -0.3 is 10.5 Å². The Bertz CT molecular complexity index is 560. The zero-order chi connectivity index (χ0) is 12.7. The largest absolute Gasteiger partial charge is 0.508 e. The van der Waals surface area contributed by atoms with Gasteiger partial charge in [-0.3, -0.25) is 4.68 Å². The van der Waals surface area contributed by atoms with Crippen molar-refractivity contribution in [3.8, 4) is 5.75 Å². The highest BCUT2D eigenvalue weighted by molar-refractivity contribution is 5.51. The second-order valence-electron chi connectivity index (χ2n) is 5.14. The number of nitrogens with zero attached hydrogens (tertiary/aromatic N) is 1. The lowest BCUT2D eigenvalue weighted by atomic mass is 9.97. The smallest absolute Gasteiger partial charge is 0.121 e. The lowest BCUT2D eigenvalue weighted by Gasteiger charge is -2.17. The molecule has 3 nitrogen and oxygen atoms in total. The predicted octanol–water partition coefficient (Wildman–Crippen LogP) is 3.29. The Morgan fingerprint density at radius 3 is 2.67 bits per heavy atom. The molecule has 2 unspecified atom stereocenters. The standard InChI is InChI=1S/C15H18N2O/c1-10-5-6-13(18)15-12(9-11(2)14(10)15)16-17-7-3-4-8-17/h3-8,11-12,16,18H,9H2,1-2H3. The quantitative estimate of drug-likeness (QED) is 0.848.